The number of carbonyl (C=O) groups excluding carboxylic acids is 1. The minimum Gasteiger partial charge on any atom is -0.462 e. The van der Waals surface area contributed by atoms with E-state index >= 15 is 0 Å². The minimum absolute atomic E-state index is 0.147. The van der Waals surface area contributed by atoms with Gasteiger partial charge in [-0.15, -0.1) is 0 Å². The predicted molar refractivity (Wildman–Crippen MR) is 84.0 cm³/mol. The maximum absolute atomic E-state index is 11.9. The summed E-state index contributed by atoms with van der Waals surface area (Å²) in [6, 6.07) is 13.7. The number of aromatic nitrogens is 1. The number of nitrogens with zero attached hydrogens (tertiary/aromatic N) is 1. The topological polar surface area (TPSA) is 51.2 Å². The number of hydrogen-bond donors (Lipinski definition) is 1. The van der Waals surface area contributed by atoms with Crippen LogP contribution in [-0.2, 0) is 4.74 Å². The van der Waals surface area contributed by atoms with Crippen molar-refractivity contribution in [1.29, 1.82) is 0 Å². The van der Waals surface area contributed by atoms with E-state index in [1.165, 1.54) is 17.5 Å². The lowest BCUT2D eigenvalue weighted by molar-refractivity contribution is 0.0521. The number of esters is 1. The van der Waals surface area contributed by atoms with E-state index in [1.54, 1.807) is 25.3 Å². The van der Waals surface area contributed by atoms with Gasteiger partial charge in [0.2, 0.25) is 0 Å². The van der Waals surface area contributed by atoms with E-state index < -0.39 is 0 Å². The van der Waals surface area contributed by atoms with Crippen LogP contribution < -0.4 is 4.72 Å². The molecule has 2 aromatic rings. The molecule has 0 amide bonds. The third-order valence-electron chi connectivity index (χ3n) is 2.90. The fourth-order valence-electron chi connectivity index (χ4n) is 1.79. The van der Waals surface area contributed by atoms with E-state index in [1.807, 2.05) is 18.2 Å². The van der Waals surface area contributed by atoms with Crippen LogP contribution in [0.25, 0.3) is 0 Å². The molecular weight excluding hydrogens is 284 g/mol. The van der Waals surface area contributed by atoms with Gasteiger partial charge in [-0.2, -0.15) is 0 Å². The largest absolute Gasteiger partial charge is 0.462 e. The zero-order valence-electron chi connectivity index (χ0n) is 12.1. The Morgan fingerprint density at radius 3 is 2.76 bits per heavy atom. The summed E-state index contributed by atoms with van der Waals surface area (Å²) in [7, 11) is 0. The smallest absolute Gasteiger partial charge is 0.340 e. The molecular formula is C16H18N2O2S. The van der Waals surface area contributed by atoms with Gasteiger partial charge in [0.15, 0.2) is 0 Å². The van der Waals surface area contributed by atoms with E-state index in [0.717, 1.165) is 0 Å². The van der Waals surface area contributed by atoms with Crippen LogP contribution >= 0.6 is 11.9 Å². The molecule has 0 bridgehead atoms. The van der Waals surface area contributed by atoms with Gasteiger partial charge in [-0.3, -0.25) is 4.72 Å². The summed E-state index contributed by atoms with van der Waals surface area (Å²) in [5.41, 5.74) is 1.66. The second-order valence-electron chi connectivity index (χ2n) is 4.43. The second-order valence-corrected chi connectivity index (χ2v) is 5.26. The standard InChI is InChI=1S/C16H18N2O2S/c1-3-20-16(19)14-10-7-11-17-15(14)21-18-12(2)13-8-5-4-6-9-13/h4-12,18H,3H2,1-2H3. The Hall–Kier alpha value is -1.85. The third-order valence-corrected chi connectivity index (χ3v) is 3.89. The Morgan fingerprint density at radius 2 is 2.05 bits per heavy atom. The number of carbonyl (C=O) groups is 1. The zero-order chi connectivity index (χ0) is 15.1. The molecule has 1 aromatic carbocycles. The highest BCUT2D eigenvalue weighted by atomic mass is 32.2. The van der Waals surface area contributed by atoms with Gasteiger partial charge < -0.3 is 4.74 Å². The van der Waals surface area contributed by atoms with Gasteiger partial charge >= 0.3 is 5.97 Å². The maximum Gasteiger partial charge on any atom is 0.340 e. The summed E-state index contributed by atoms with van der Waals surface area (Å²) in [4.78, 5) is 16.1. The van der Waals surface area contributed by atoms with Gasteiger partial charge in [0, 0.05) is 12.2 Å². The molecule has 0 aliphatic rings. The highest BCUT2D eigenvalue weighted by molar-refractivity contribution is 7.97. The van der Waals surface area contributed by atoms with Gasteiger partial charge in [-0.25, -0.2) is 9.78 Å². The van der Waals surface area contributed by atoms with Crippen LogP contribution in [0.1, 0.15) is 35.8 Å². The Kier molecular flexibility index (Phi) is 5.78. The number of pyridine rings is 1. The molecule has 2 rings (SSSR count). The molecule has 0 fully saturated rings. The lowest BCUT2D eigenvalue weighted by Gasteiger charge is -2.14. The van der Waals surface area contributed by atoms with E-state index in [9.17, 15) is 4.79 Å². The van der Waals surface area contributed by atoms with Crippen molar-refractivity contribution in [3.8, 4) is 0 Å². The molecule has 1 atom stereocenters. The summed E-state index contributed by atoms with van der Waals surface area (Å²) < 4.78 is 8.34. The first-order valence-electron chi connectivity index (χ1n) is 6.81. The molecule has 0 aliphatic carbocycles. The Bertz CT molecular complexity index is 590. The number of benzene rings is 1. The van der Waals surface area contributed by atoms with Crippen LogP contribution in [-0.4, -0.2) is 17.6 Å². The summed E-state index contributed by atoms with van der Waals surface area (Å²) >= 11 is 1.34. The summed E-state index contributed by atoms with van der Waals surface area (Å²) in [6.07, 6.45) is 1.67. The summed E-state index contributed by atoms with van der Waals surface area (Å²) in [5.74, 6) is -0.345. The van der Waals surface area contributed by atoms with E-state index in [2.05, 4.69) is 28.8 Å². The van der Waals surface area contributed by atoms with Gasteiger partial charge in [-0.05, 0) is 43.5 Å². The molecule has 4 nitrogen and oxygen atoms in total. The minimum atomic E-state index is -0.345. The number of hydrogen-bond acceptors (Lipinski definition) is 5. The molecule has 5 heteroatoms. The molecule has 0 aliphatic heterocycles. The van der Waals surface area contributed by atoms with Crippen molar-refractivity contribution in [2.45, 2.75) is 24.9 Å². The predicted octanol–water partition coefficient (Wildman–Crippen LogP) is 3.62. The summed E-state index contributed by atoms with van der Waals surface area (Å²) in [6.45, 7) is 4.21. The third kappa shape index (κ3) is 4.31. The van der Waals surface area contributed by atoms with Gasteiger partial charge in [-0.1, -0.05) is 30.3 Å². The quantitative estimate of drug-likeness (QED) is 0.652. The number of rotatable bonds is 6. The lowest BCUT2D eigenvalue weighted by atomic mass is 10.1. The van der Waals surface area contributed by atoms with E-state index in [4.69, 9.17) is 4.74 Å². The number of nitrogens with one attached hydrogen (secondary N) is 1. The fourth-order valence-corrected chi connectivity index (χ4v) is 2.59. The Labute approximate surface area is 129 Å². The highest BCUT2D eigenvalue weighted by Crippen LogP contribution is 2.22. The van der Waals surface area contributed by atoms with Crippen LogP contribution in [0.5, 0.6) is 0 Å². The first-order valence-corrected chi connectivity index (χ1v) is 7.63. The monoisotopic (exact) mass is 302 g/mol. The van der Waals surface area contributed by atoms with Crippen molar-refractivity contribution >= 4 is 17.9 Å². The SMILES string of the molecule is CCOC(=O)c1cccnc1SNC(C)c1ccccc1. The molecule has 1 aromatic heterocycles. The van der Waals surface area contributed by atoms with Gasteiger partial charge in [0.1, 0.15) is 5.03 Å². The van der Waals surface area contributed by atoms with Crippen LogP contribution in [0.4, 0.5) is 0 Å². The molecule has 0 spiro atoms. The van der Waals surface area contributed by atoms with Gasteiger partial charge in [0.25, 0.3) is 0 Å². The van der Waals surface area contributed by atoms with E-state index in [0.29, 0.717) is 17.2 Å². The summed E-state index contributed by atoms with van der Waals surface area (Å²) in [5, 5.41) is 0.624. The Morgan fingerprint density at radius 1 is 1.29 bits per heavy atom. The van der Waals surface area contributed by atoms with Crippen molar-refractivity contribution in [1.82, 2.24) is 9.71 Å². The highest BCUT2D eigenvalue weighted by Gasteiger charge is 2.14. The first kappa shape index (κ1) is 15.5. The second kappa shape index (κ2) is 7.81. The number of ether oxygens (including phenoxy) is 1. The van der Waals surface area contributed by atoms with Crippen molar-refractivity contribution in [2.75, 3.05) is 6.61 Å². The molecule has 1 N–H and O–H groups in total. The molecule has 110 valence electrons. The molecule has 21 heavy (non-hydrogen) atoms. The molecule has 0 radical (unpaired) electrons. The molecule has 0 saturated carbocycles. The van der Waals surface area contributed by atoms with Crippen molar-refractivity contribution in [2.24, 2.45) is 0 Å². The van der Waals surface area contributed by atoms with Crippen LogP contribution in [0, 0.1) is 0 Å². The van der Waals surface area contributed by atoms with Crippen LogP contribution in [0.15, 0.2) is 53.7 Å². The van der Waals surface area contributed by atoms with Gasteiger partial charge in [0.05, 0.1) is 12.2 Å². The zero-order valence-corrected chi connectivity index (χ0v) is 12.9. The van der Waals surface area contributed by atoms with Crippen molar-refractivity contribution < 1.29 is 9.53 Å². The van der Waals surface area contributed by atoms with Crippen LogP contribution in [0.3, 0.4) is 0 Å². The molecule has 1 heterocycles. The molecule has 1 unspecified atom stereocenters. The average molecular weight is 302 g/mol. The normalized spacial score (nSPS) is 11.9. The average Bonchev–Trinajstić information content (AvgIpc) is 2.54. The van der Waals surface area contributed by atoms with Crippen molar-refractivity contribution in [3.05, 3.63) is 59.8 Å². The van der Waals surface area contributed by atoms with E-state index in [-0.39, 0.29) is 12.0 Å². The van der Waals surface area contributed by atoms with Crippen molar-refractivity contribution in [3.63, 3.8) is 0 Å². The molecule has 0 saturated heterocycles. The Balaban J connectivity index is 2.05. The van der Waals surface area contributed by atoms with Crippen LogP contribution in [0.2, 0.25) is 0 Å². The fraction of sp³-hybridized carbons (Fsp3) is 0.250. The first-order chi connectivity index (χ1) is 10.2. The maximum atomic E-state index is 11.9. The lowest BCUT2D eigenvalue weighted by Crippen LogP contribution is -2.13.